The molecule has 2 aromatic carbocycles. The molecule has 2 fully saturated rings. The van der Waals surface area contributed by atoms with Crippen LogP contribution in [0.2, 0.25) is 0 Å². The highest BCUT2D eigenvalue weighted by atomic mass is 19.1. The van der Waals surface area contributed by atoms with Crippen molar-refractivity contribution in [1.29, 1.82) is 0 Å². The molecule has 0 atom stereocenters. The highest BCUT2D eigenvalue weighted by molar-refractivity contribution is 5.98. The van der Waals surface area contributed by atoms with Crippen LogP contribution >= 0.6 is 0 Å². The maximum absolute atomic E-state index is 13.1. The number of para-hydroxylation sites is 1. The number of halogens is 1. The number of rotatable bonds is 4. The number of fused-ring (bicyclic) bond motifs is 1. The number of hydrogen-bond donors (Lipinski definition) is 1. The lowest BCUT2D eigenvalue weighted by atomic mass is 10.2. The fourth-order valence-electron chi connectivity index (χ4n) is 4.63. The molecular formula is C25H28FN5O2. The zero-order valence-corrected chi connectivity index (χ0v) is 18.5. The van der Waals surface area contributed by atoms with E-state index in [0.717, 1.165) is 29.7 Å². The van der Waals surface area contributed by atoms with E-state index in [-0.39, 0.29) is 17.6 Å². The average Bonchev–Trinajstić information content (AvgIpc) is 3.29. The van der Waals surface area contributed by atoms with Gasteiger partial charge in [0.2, 0.25) is 5.91 Å². The van der Waals surface area contributed by atoms with Crippen LogP contribution in [0.25, 0.3) is 10.9 Å². The Morgan fingerprint density at radius 3 is 2.18 bits per heavy atom. The largest absolute Gasteiger partial charge is 0.368 e. The quantitative estimate of drug-likeness (QED) is 0.665. The van der Waals surface area contributed by atoms with Crippen molar-refractivity contribution in [3.63, 3.8) is 0 Å². The number of aromatic amines is 1. The van der Waals surface area contributed by atoms with Crippen LogP contribution in [0.4, 0.5) is 10.1 Å². The molecule has 2 aliphatic rings. The highest BCUT2D eigenvalue weighted by Gasteiger charge is 2.27. The number of nitrogens with zero attached hydrogens (tertiary/aromatic N) is 4. The standard InChI is InChI=1S/C25H28FN5O2/c26-20-5-7-21(8-6-20)29-13-15-30(16-14-29)24(32)18-28-9-11-31(12-10-28)25(33)23-17-19-3-1-2-4-22(19)27-23/h1-8,17,27H,9-16,18H2. The molecule has 3 aromatic rings. The van der Waals surface area contributed by atoms with Crippen molar-refractivity contribution in [2.24, 2.45) is 0 Å². The normalized spacial score (nSPS) is 17.5. The second-order valence-corrected chi connectivity index (χ2v) is 8.68. The maximum atomic E-state index is 13.1. The summed E-state index contributed by atoms with van der Waals surface area (Å²) < 4.78 is 13.1. The van der Waals surface area contributed by atoms with Crippen LogP contribution in [0.15, 0.2) is 54.6 Å². The number of nitrogens with one attached hydrogen (secondary N) is 1. The fourth-order valence-corrected chi connectivity index (χ4v) is 4.63. The lowest BCUT2D eigenvalue weighted by Crippen LogP contribution is -2.54. The molecule has 0 spiro atoms. The molecule has 3 heterocycles. The summed E-state index contributed by atoms with van der Waals surface area (Å²) >= 11 is 0. The van der Waals surface area contributed by atoms with E-state index in [0.29, 0.717) is 51.5 Å². The lowest BCUT2D eigenvalue weighted by molar-refractivity contribution is -0.133. The first-order valence-corrected chi connectivity index (χ1v) is 11.4. The van der Waals surface area contributed by atoms with Gasteiger partial charge in [0, 0.05) is 68.9 Å². The van der Waals surface area contributed by atoms with E-state index in [2.05, 4.69) is 14.8 Å². The Hall–Kier alpha value is -3.39. The zero-order valence-electron chi connectivity index (χ0n) is 18.5. The summed E-state index contributed by atoms with van der Waals surface area (Å²) in [4.78, 5) is 37.0. The molecule has 0 saturated carbocycles. The minimum atomic E-state index is -0.240. The summed E-state index contributed by atoms with van der Waals surface area (Å²) in [6.45, 7) is 5.78. The number of anilines is 1. The number of benzene rings is 2. The SMILES string of the molecule is O=C(CN1CCN(C(=O)c2cc3ccccc3[nH]2)CC1)N1CCN(c2ccc(F)cc2)CC1. The summed E-state index contributed by atoms with van der Waals surface area (Å²) in [7, 11) is 0. The van der Waals surface area contributed by atoms with Crippen molar-refractivity contribution in [3.8, 4) is 0 Å². The number of aromatic nitrogens is 1. The van der Waals surface area contributed by atoms with Crippen molar-refractivity contribution < 1.29 is 14.0 Å². The van der Waals surface area contributed by atoms with Gasteiger partial charge in [-0.3, -0.25) is 14.5 Å². The van der Waals surface area contributed by atoms with Crippen LogP contribution in [-0.2, 0) is 4.79 Å². The van der Waals surface area contributed by atoms with Crippen LogP contribution in [0.3, 0.4) is 0 Å². The van der Waals surface area contributed by atoms with Gasteiger partial charge in [0.05, 0.1) is 6.54 Å². The van der Waals surface area contributed by atoms with Gasteiger partial charge in [0.15, 0.2) is 0 Å². The van der Waals surface area contributed by atoms with Gasteiger partial charge in [-0.05, 0) is 36.4 Å². The first-order chi connectivity index (χ1) is 16.1. The monoisotopic (exact) mass is 449 g/mol. The van der Waals surface area contributed by atoms with E-state index in [1.54, 1.807) is 12.1 Å². The molecule has 2 amide bonds. The Morgan fingerprint density at radius 2 is 1.48 bits per heavy atom. The van der Waals surface area contributed by atoms with Gasteiger partial charge in [0.25, 0.3) is 5.91 Å². The molecule has 1 N–H and O–H groups in total. The molecule has 0 radical (unpaired) electrons. The minimum Gasteiger partial charge on any atom is -0.368 e. The van der Waals surface area contributed by atoms with Crippen LogP contribution < -0.4 is 4.90 Å². The van der Waals surface area contributed by atoms with Gasteiger partial charge in [-0.1, -0.05) is 18.2 Å². The van der Waals surface area contributed by atoms with E-state index in [4.69, 9.17) is 0 Å². The van der Waals surface area contributed by atoms with Crippen LogP contribution in [0, 0.1) is 5.82 Å². The van der Waals surface area contributed by atoms with Crippen LogP contribution in [-0.4, -0.2) is 90.4 Å². The lowest BCUT2D eigenvalue weighted by Gasteiger charge is -2.38. The van der Waals surface area contributed by atoms with Crippen LogP contribution in [0.5, 0.6) is 0 Å². The van der Waals surface area contributed by atoms with E-state index in [1.807, 2.05) is 40.1 Å². The number of carbonyl (C=O) groups is 2. The predicted octanol–water partition coefficient (Wildman–Crippen LogP) is 2.41. The average molecular weight is 450 g/mol. The third-order valence-electron chi connectivity index (χ3n) is 6.60. The minimum absolute atomic E-state index is 0.00842. The van der Waals surface area contributed by atoms with Gasteiger partial charge in [0.1, 0.15) is 11.5 Å². The van der Waals surface area contributed by atoms with Crippen molar-refractivity contribution in [1.82, 2.24) is 19.7 Å². The highest BCUT2D eigenvalue weighted by Crippen LogP contribution is 2.18. The van der Waals surface area contributed by atoms with Gasteiger partial charge < -0.3 is 19.7 Å². The first-order valence-electron chi connectivity index (χ1n) is 11.4. The van der Waals surface area contributed by atoms with E-state index in [1.165, 1.54) is 12.1 Å². The molecule has 8 heteroatoms. The third kappa shape index (κ3) is 4.71. The number of hydrogen-bond acceptors (Lipinski definition) is 4. The fraction of sp³-hybridized carbons (Fsp3) is 0.360. The second-order valence-electron chi connectivity index (χ2n) is 8.68. The summed E-state index contributed by atoms with van der Waals surface area (Å²) in [5, 5.41) is 1.03. The van der Waals surface area contributed by atoms with Crippen LogP contribution in [0.1, 0.15) is 10.5 Å². The Morgan fingerprint density at radius 1 is 0.818 bits per heavy atom. The molecule has 33 heavy (non-hydrogen) atoms. The molecule has 2 saturated heterocycles. The van der Waals surface area contributed by atoms with Gasteiger partial charge in [-0.15, -0.1) is 0 Å². The van der Waals surface area contributed by atoms with E-state index >= 15 is 0 Å². The van der Waals surface area contributed by atoms with E-state index in [9.17, 15) is 14.0 Å². The molecular weight excluding hydrogens is 421 g/mol. The summed E-state index contributed by atoms with van der Waals surface area (Å²) in [6.07, 6.45) is 0. The molecule has 2 aliphatic heterocycles. The molecule has 5 rings (SSSR count). The number of carbonyl (C=O) groups excluding carboxylic acids is 2. The molecule has 172 valence electrons. The summed E-state index contributed by atoms with van der Waals surface area (Å²) in [6, 6.07) is 16.3. The molecule has 0 bridgehead atoms. The topological polar surface area (TPSA) is 62.9 Å². The van der Waals surface area contributed by atoms with Crippen molar-refractivity contribution in [3.05, 3.63) is 66.1 Å². The molecule has 1 aromatic heterocycles. The Kier molecular flexibility index (Phi) is 6.00. The zero-order chi connectivity index (χ0) is 22.8. The maximum Gasteiger partial charge on any atom is 0.270 e. The van der Waals surface area contributed by atoms with Crippen molar-refractivity contribution >= 4 is 28.4 Å². The van der Waals surface area contributed by atoms with Gasteiger partial charge in [-0.25, -0.2) is 4.39 Å². The number of piperazine rings is 2. The third-order valence-corrected chi connectivity index (χ3v) is 6.60. The second kappa shape index (κ2) is 9.23. The molecule has 0 unspecified atom stereocenters. The molecule has 7 nitrogen and oxygen atoms in total. The number of amides is 2. The van der Waals surface area contributed by atoms with E-state index < -0.39 is 0 Å². The number of H-pyrrole nitrogens is 1. The summed E-state index contributed by atoms with van der Waals surface area (Å²) in [5.74, 6) is -0.103. The predicted molar refractivity (Wildman–Crippen MR) is 126 cm³/mol. The summed E-state index contributed by atoms with van der Waals surface area (Å²) in [5.41, 5.74) is 2.56. The van der Waals surface area contributed by atoms with Crippen molar-refractivity contribution in [2.75, 3.05) is 63.8 Å². The van der Waals surface area contributed by atoms with Gasteiger partial charge in [-0.2, -0.15) is 0 Å². The Balaban J connectivity index is 1.09. The van der Waals surface area contributed by atoms with Crippen molar-refractivity contribution in [2.45, 2.75) is 0 Å². The Labute approximate surface area is 192 Å². The first kappa shape index (κ1) is 21.5. The smallest absolute Gasteiger partial charge is 0.270 e. The van der Waals surface area contributed by atoms with Gasteiger partial charge >= 0.3 is 0 Å². The molecule has 0 aliphatic carbocycles. The Bertz CT molecular complexity index is 1100.